The van der Waals surface area contributed by atoms with Crippen LogP contribution in [0.5, 0.6) is 0 Å². The van der Waals surface area contributed by atoms with E-state index in [4.69, 9.17) is 16.3 Å². The number of ether oxygens (including phenoxy) is 1. The van der Waals surface area contributed by atoms with E-state index in [1.165, 1.54) is 0 Å². The van der Waals surface area contributed by atoms with Crippen molar-refractivity contribution in [1.82, 2.24) is 0 Å². The quantitative estimate of drug-likeness (QED) is 0.602. The number of halogens is 2. The predicted octanol–water partition coefficient (Wildman–Crippen LogP) is 3.55. The first kappa shape index (κ1) is 12.3. The second kappa shape index (κ2) is 5.47. The van der Waals surface area contributed by atoms with Gasteiger partial charge in [0, 0.05) is 26.7 Å². The average Bonchev–Trinajstić information content (AvgIpc) is 2.32. The normalized spacial score (nSPS) is 20.8. The number of carbonyl (C=O) groups is 1. The van der Waals surface area contributed by atoms with Gasteiger partial charge in [-0.1, -0.05) is 11.6 Å². The smallest absolute Gasteiger partial charge is 0.169 e. The Morgan fingerprint density at radius 2 is 2.31 bits per heavy atom. The van der Waals surface area contributed by atoms with E-state index in [0.717, 1.165) is 28.6 Å². The fourth-order valence-corrected chi connectivity index (χ4v) is 2.63. The molecule has 1 heterocycles. The molecule has 2 rings (SSSR count). The van der Waals surface area contributed by atoms with Crippen LogP contribution in [-0.2, 0) is 4.74 Å². The molecule has 2 nitrogen and oxygen atoms in total. The Hall–Kier alpha value is -0.130. The molecule has 1 aliphatic heterocycles. The average molecular weight is 351 g/mol. The van der Waals surface area contributed by atoms with Crippen molar-refractivity contribution in [3.8, 4) is 0 Å². The minimum absolute atomic E-state index is 0.000678. The van der Waals surface area contributed by atoms with E-state index in [1.54, 1.807) is 12.1 Å². The fraction of sp³-hybridized carbons (Fsp3) is 0.417. The van der Waals surface area contributed by atoms with Gasteiger partial charge in [0.05, 0.1) is 6.61 Å². The fourth-order valence-electron chi connectivity index (χ4n) is 1.85. The molecule has 4 heteroatoms. The van der Waals surface area contributed by atoms with Crippen LogP contribution in [0.4, 0.5) is 0 Å². The number of hydrogen-bond acceptors (Lipinski definition) is 2. The Balaban J connectivity index is 2.22. The highest BCUT2D eigenvalue weighted by Gasteiger charge is 2.24. The molecule has 1 saturated heterocycles. The van der Waals surface area contributed by atoms with E-state index in [9.17, 15) is 4.79 Å². The first-order chi connectivity index (χ1) is 7.68. The van der Waals surface area contributed by atoms with Gasteiger partial charge in [-0.2, -0.15) is 0 Å². The molecule has 0 aliphatic carbocycles. The van der Waals surface area contributed by atoms with Crippen LogP contribution >= 0.6 is 34.2 Å². The maximum atomic E-state index is 12.2. The maximum absolute atomic E-state index is 12.2. The molecule has 0 N–H and O–H groups in total. The van der Waals surface area contributed by atoms with Gasteiger partial charge in [0.2, 0.25) is 0 Å². The second-order valence-electron chi connectivity index (χ2n) is 3.90. The van der Waals surface area contributed by atoms with Crippen molar-refractivity contribution in [2.75, 3.05) is 13.2 Å². The lowest BCUT2D eigenvalue weighted by molar-refractivity contribution is 0.0460. The van der Waals surface area contributed by atoms with Crippen molar-refractivity contribution in [2.24, 2.45) is 5.92 Å². The number of carbonyl (C=O) groups excluding carboxylic acids is 1. The lowest BCUT2D eigenvalue weighted by Crippen LogP contribution is -2.25. The molecule has 0 aromatic heterocycles. The number of rotatable bonds is 2. The number of hydrogen-bond donors (Lipinski definition) is 0. The van der Waals surface area contributed by atoms with Crippen molar-refractivity contribution in [2.45, 2.75) is 12.8 Å². The topological polar surface area (TPSA) is 26.3 Å². The Morgan fingerprint density at radius 3 is 3.00 bits per heavy atom. The van der Waals surface area contributed by atoms with Crippen molar-refractivity contribution in [3.63, 3.8) is 0 Å². The highest BCUT2D eigenvalue weighted by Crippen LogP contribution is 2.24. The van der Waals surface area contributed by atoms with Gasteiger partial charge in [0.15, 0.2) is 5.78 Å². The van der Waals surface area contributed by atoms with Crippen LogP contribution in [-0.4, -0.2) is 19.0 Å². The van der Waals surface area contributed by atoms with E-state index in [1.807, 2.05) is 6.07 Å². The van der Waals surface area contributed by atoms with E-state index >= 15 is 0 Å². The zero-order valence-electron chi connectivity index (χ0n) is 8.71. The largest absolute Gasteiger partial charge is 0.381 e. The van der Waals surface area contributed by atoms with Crippen molar-refractivity contribution in [1.29, 1.82) is 0 Å². The molecule has 0 saturated carbocycles. The molecular formula is C12H12ClIO2. The van der Waals surface area contributed by atoms with Gasteiger partial charge in [0.1, 0.15) is 0 Å². The van der Waals surface area contributed by atoms with Crippen LogP contribution < -0.4 is 0 Å². The van der Waals surface area contributed by atoms with Gasteiger partial charge >= 0.3 is 0 Å². The molecule has 1 aromatic rings. The summed E-state index contributed by atoms with van der Waals surface area (Å²) in [6.07, 6.45) is 1.88. The van der Waals surface area contributed by atoms with Crippen LogP contribution in [0.15, 0.2) is 18.2 Å². The SMILES string of the molecule is O=C(c1cc(Cl)ccc1I)C1CCCOC1. The maximum Gasteiger partial charge on any atom is 0.169 e. The van der Waals surface area contributed by atoms with Gasteiger partial charge in [-0.3, -0.25) is 4.79 Å². The van der Waals surface area contributed by atoms with E-state index in [-0.39, 0.29) is 11.7 Å². The lowest BCUT2D eigenvalue weighted by atomic mass is 9.93. The van der Waals surface area contributed by atoms with Gasteiger partial charge < -0.3 is 4.74 Å². The molecule has 86 valence electrons. The summed E-state index contributed by atoms with van der Waals surface area (Å²) in [6.45, 7) is 1.32. The molecule has 16 heavy (non-hydrogen) atoms. The molecule has 0 spiro atoms. The van der Waals surface area contributed by atoms with Crippen LogP contribution in [0.3, 0.4) is 0 Å². The standard InChI is InChI=1S/C12H12ClIO2/c13-9-3-4-11(14)10(6-9)12(15)8-2-1-5-16-7-8/h3-4,6,8H,1-2,5,7H2. The molecule has 1 unspecified atom stereocenters. The molecule has 0 bridgehead atoms. The summed E-state index contributed by atoms with van der Waals surface area (Å²) in [5.74, 6) is 0.160. The Kier molecular flexibility index (Phi) is 4.21. The zero-order chi connectivity index (χ0) is 11.5. The van der Waals surface area contributed by atoms with Gasteiger partial charge in [-0.15, -0.1) is 0 Å². The summed E-state index contributed by atoms with van der Waals surface area (Å²) in [6, 6.07) is 5.43. The van der Waals surface area contributed by atoms with E-state index < -0.39 is 0 Å². The predicted molar refractivity (Wildman–Crippen MR) is 72.0 cm³/mol. The van der Waals surface area contributed by atoms with Crippen LogP contribution in [0, 0.1) is 9.49 Å². The first-order valence-corrected chi connectivity index (χ1v) is 6.71. The lowest BCUT2D eigenvalue weighted by Gasteiger charge is -2.21. The summed E-state index contributed by atoms with van der Waals surface area (Å²) in [5.41, 5.74) is 0.726. The Morgan fingerprint density at radius 1 is 1.50 bits per heavy atom. The minimum atomic E-state index is 0.000678. The van der Waals surface area contributed by atoms with E-state index in [2.05, 4.69) is 22.6 Å². The second-order valence-corrected chi connectivity index (χ2v) is 5.50. The molecule has 1 aliphatic rings. The third kappa shape index (κ3) is 2.76. The van der Waals surface area contributed by atoms with Crippen LogP contribution in [0.1, 0.15) is 23.2 Å². The van der Waals surface area contributed by atoms with Crippen LogP contribution in [0.25, 0.3) is 0 Å². The van der Waals surface area contributed by atoms with Crippen molar-refractivity contribution < 1.29 is 9.53 Å². The third-order valence-electron chi connectivity index (χ3n) is 2.72. The van der Waals surface area contributed by atoms with E-state index in [0.29, 0.717) is 11.6 Å². The molecule has 1 aromatic carbocycles. The van der Waals surface area contributed by atoms with Gasteiger partial charge in [-0.25, -0.2) is 0 Å². The van der Waals surface area contributed by atoms with Crippen molar-refractivity contribution in [3.05, 3.63) is 32.4 Å². The molecule has 0 amide bonds. The van der Waals surface area contributed by atoms with Crippen molar-refractivity contribution >= 4 is 40.0 Å². The summed E-state index contributed by atoms with van der Waals surface area (Å²) in [5, 5.41) is 0.612. The molecular weight excluding hydrogens is 338 g/mol. The summed E-state index contributed by atoms with van der Waals surface area (Å²) in [4.78, 5) is 12.2. The molecule has 1 fully saturated rings. The minimum Gasteiger partial charge on any atom is -0.381 e. The molecule has 0 radical (unpaired) electrons. The monoisotopic (exact) mass is 350 g/mol. The number of Topliss-reactive ketones (excluding diaryl/α,β-unsaturated/α-hetero) is 1. The Bertz CT molecular complexity index is 400. The summed E-state index contributed by atoms with van der Waals surface area (Å²) in [7, 11) is 0. The highest BCUT2D eigenvalue weighted by atomic mass is 127. The Labute approximate surface area is 113 Å². The third-order valence-corrected chi connectivity index (χ3v) is 3.90. The van der Waals surface area contributed by atoms with Gasteiger partial charge in [-0.05, 0) is 53.6 Å². The summed E-state index contributed by atoms with van der Waals surface area (Å²) < 4.78 is 6.29. The van der Waals surface area contributed by atoms with Crippen LogP contribution in [0.2, 0.25) is 5.02 Å². The number of benzene rings is 1. The first-order valence-electron chi connectivity index (χ1n) is 5.25. The number of ketones is 1. The molecule has 1 atom stereocenters. The van der Waals surface area contributed by atoms with Gasteiger partial charge in [0.25, 0.3) is 0 Å². The highest BCUT2D eigenvalue weighted by molar-refractivity contribution is 14.1. The summed E-state index contributed by atoms with van der Waals surface area (Å²) >= 11 is 8.08. The zero-order valence-corrected chi connectivity index (χ0v) is 11.6.